The molecule has 1 fully saturated rings. The smallest absolute Gasteiger partial charge is 0.162 e. The maximum Gasteiger partial charge on any atom is 0.162 e. The zero-order valence-corrected chi connectivity index (χ0v) is 13.5. The predicted molar refractivity (Wildman–Crippen MR) is 84.3 cm³/mol. The van der Waals surface area contributed by atoms with Crippen LogP contribution in [0.1, 0.15) is 17.0 Å². The first-order valence-corrected chi connectivity index (χ1v) is 7.63. The molecule has 1 N–H and O–H groups in total. The quantitative estimate of drug-likeness (QED) is 0.802. The largest absolute Gasteiger partial charge is 0.496 e. The van der Waals surface area contributed by atoms with E-state index in [4.69, 9.17) is 18.7 Å². The molecule has 0 unspecified atom stereocenters. The van der Waals surface area contributed by atoms with E-state index in [1.165, 1.54) is 0 Å². The topological polar surface area (TPSA) is 65.8 Å². The van der Waals surface area contributed by atoms with E-state index in [9.17, 15) is 0 Å². The first kappa shape index (κ1) is 16.0. The molecule has 0 bridgehead atoms. The molecule has 0 radical (unpaired) electrons. The molecule has 6 heteroatoms. The summed E-state index contributed by atoms with van der Waals surface area (Å²) in [4.78, 5) is 0. The molecule has 1 aliphatic heterocycles. The first-order chi connectivity index (χ1) is 11.2. The van der Waals surface area contributed by atoms with E-state index in [-0.39, 0.29) is 5.54 Å². The fourth-order valence-corrected chi connectivity index (χ4v) is 2.74. The van der Waals surface area contributed by atoms with Gasteiger partial charge in [0.1, 0.15) is 12.4 Å². The van der Waals surface area contributed by atoms with Crippen molar-refractivity contribution in [2.45, 2.75) is 25.1 Å². The monoisotopic (exact) mass is 318 g/mol. The van der Waals surface area contributed by atoms with Crippen molar-refractivity contribution in [1.82, 2.24) is 10.5 Å². The van der Waals surface area contributed by atoms with Crippen LogP contribution in [0.3, 0.4) is 0 Å². The van der Waals surface area contributed by atoms with Gasteiger partial charge in [0.25, 0.3) is 0 Å². The van der Waals surface area contributed by atoms with E-state index in [0.29, 0.717) is 19.8 Å². The van der Waals surface area contributed by atoms with Crippen LogP contribution in [0.25, 0.3) is 0 Å². The number of rotatable bonds is 8. The lowest BCUT2D eigenvalue weighted by Gasteiger charge is -2.42. The Morgan fingerprint density at radius 2 is 2.09 bits per heavy atom. The van der Waals surface area contributed by atoms with Crippen LogP contribution in [-0.4, -0.2) is 38.1 Å². The van der Waals surface area contributed by atoms with Gasteiger partial charge in [0, 0.05) is 31.7 Å². The number of nitrogens with zero attached hydrogens (tertiary/aromatic N) is 1. The molecule has 0 aliphatic carbocycles. The van der Waals surface area contributed by atoms with Crippen molar-refractivity contribution in [3.8, 4) is 5.75 Å². The van der Waals surface area contributed by atoms with Gasteiger partial charge in [0.15, 0.2) is 5.76 Å². The lowest BCUT2D eigenvalue weighted by molar-refractivity contribution is -0.0756. The maximum absolute atomic E-state index is 5.43. The molecule has 3 rings (SSSR count). The minimum atomic E-state index is -0.109. The molecule has 2 aromatic rings. The lowest BCUT2D eigenvalue weighted by Crippen LogP contribution is -2.61. The second-order valence-electron chi connectivity index (χ2n) is 5.83. The zero-order valence-electron chi connectivity index (χ0n) is 13.5. The number of ether oxygens (including phenoxy) is 3. The highest BCUT2D eigenvalue weighted by atomic mass is 16.5. The summed E-state index contributed by atoms with van der Waals surface area (Å²) in [5.74, 6) is 1.63. The second-order valence-corrected chi connectivity index (χ2v) is 5.83. The molecule has 124 valence electrons. The molecule has 6 nitrogen and oxygen atoms in total. The van der Waals surface area contributed by atoms with Crippen LogP contribution in [0.15, 0.2) is 34.9 Å². The summed E-state index contributed by atoms with van der Waals surface area (Å²) >= 11 is 0. The number of benzene rings is 1. The van der Waals surface area contributed by atoms with Crippen molar-refractivity contribution in [1.29, 1.82) is 0 Å². The highest BCUT2D eigenvalue weighted by Crippen LogP contribution is 2.25. The van der Waals surface area contributed by atoms with E-state index in [1.807, 2.05) is 24.3 Å². The van der Waals surface area contributed by atoms with Crippen LogP contribution in [0.2, 0.25) is 0 Å². The molecule has 0 amide bonds. The summed E-state index contributed by atoms with van der Waals surface area (Å²) in [5, 5.41) is 7.71. The predicted octanol–water partition coefficient (Wildman–Crippen LogP) is 1.93. The number of aromatic nitrogens is 1. The van der Waals surface area contributed by atoms with Crippen LogP contribution in [0.4, 0.5) is 0 Å². The molecule has 1 aromatic carbocycles. The Balaban J connectivity index is 1.64. The summed E-state index contributed by atoms with van der Waals surface area (Å²) in [5.41, 5.74) is 1.93. The minimum Gasteiger partial charge on any atom is -0.496 e. The Labute approximate surface area is 135 Å². The molecule has 1 saturated heterocycles. The first-order valence-electron chi connectivity index (χ1n) is 7.63. The lowest BCUT2D eigenvalue weighted by atomic mass is 9.90. The van der Waals surface area contributed by atoms with Crippen LogP contribution >= 0.6 is 0 Å². The number of para-hydroxylation sites is 1. The number of hydrogen-bond acceptors (Lipinski definition) is 6. The second kappa shape index (κ2) is 7.12. The molecular formula is C17H22N2O4. The maximum atomic E-state index is 5.43. The van der Waals surface area contributed by atoms with Gasteiger partial charge in [-0.05, 0) is 6.07 Å². The van der Waals surface area contributed by atoms with Gasteiger partial charge in [-0.3, -0.25) is 0 Å². The Hall–Kier alpha value is -1.89. The van der Waals surface area contributed by atoms with Crippen molar-refractivity contribution < 1.29 is 18.7 Å². The Morgan fingerprint density at radius 1 is 1.26 bits per heavy atom. The van der Waals surface area contributed by atoms with Crippen LogP contribution in [-0.2, 0) is 29.0 Å². The fourth-order valence-electron chi connectivity index (χ4n) is 2.74. The Kier molecular flexibility index (Phi) is 4.95. The van der Waals surface area contributed by atoms with Gasteiger partial charge >= 0.3 is 0 Å². The van der Waals surface area contributed by atoms with Gasteiger partial charge in [-0.15, -0.1) is 0 Å². The zero-order chi connectivity index (χ0) is 16.1. The minimum absolute atomic E-state index is 0.109. The van der Waals surface area contributed by atoms with Gasteiger partial charge in [-0.2, -0.15) is 0 Å². The van der Waals surface area contributed by atoms with Gasteiger partial charge in [0.2, 0.25) is 0 Å². The standard InChI is InChI=1S/C17H22N2O4/c1-20-10-15-7-14(19-23-15)8-17(11-22-12-17)18-9-13-5-3-4-6-16(13)21-2/h3-7,18H,8-12H2,1-2H3. The molecule has 0 spiro atoms. The van der Waals surface area contributed by atoms with Crippen molar-refractivity contribution >= 4 is 0 Å². The molecule has 1 aromatic heterocycles. The van der Waals surface area contributed by atoms with Crippen LogP contribution in [0, 0.1) is 0 Å². The van der Waals surface area contributed by atoms with Crippen molar-refractivity contribution in [3.63, 3.8) is 0 Å². The normalized spacial score (nSPS) is 16.1. The fraction of sp³-hybridized carbons (Fsp3) is 0.471. The molecule has 2 heterocycles. The van der Waals surface area contributed by atoms with Crippen molar-refractivity contribution in [3.05, 3.63) is 47.3 Å². The van der Waals surface area contributed by atoms with Gasteiger partial charge in [-0.1, -0.05) is 23.4 Å². The van der Waals surface area contributed by atoms with Gasteiger partial charge in [-0.25, -0.2) is 0 Å². The summed E-state index contributed by atoms with van der Waals surface area (Å²) in [6.45, 7) is 2.48. The summed E-state index contributed by atoms with van der Waals surface area (Å²) < 4.78 is 21.1. The Bertz CT molecular complexity index is 637. The van der Waals surface area contributed by atoms with Crippen molar-refractivity contribution in [2.75, 3.05) is 27.4 Å². The van der Waals surface area contributed by atoms with Crippen LogP contribution < -0.4 is 10.1 Å². The number of nitrogens with one attached hydrogen (secondary N) is 1. The third-order valence-corrected chi connectivity index (χ3v) is 4.02. The molecule has 23 heavy (non-hydrogen) atoms. The Morgan fingerprint density at radius 3 is 2.78 bits per heavy atom. The highest BCUT2D eigenvalue weighted by molar-refractivity contribution is 5.33. The average molecular weight is 318 g/mol. The van der Waals surface area contributed by atoms with E-state index >= 15 is 0 Å². The molecule has 0 saturated carbocycles. The van der Waals surface area contributed by atoms with Crippen LogP contribution in [0.5, 0.6) is 5.75 Å². The van der Waals surface area contributed by atoms with E-state index in [2.05, 4.69) is 16.5 Å². The number of hydrogen-bond donors (Lipinski definition) is 1. The van der Waals surface area contributed by atoms with Gasteiger partial charge < -0.3 is 24.1 Å². The van der Waals surface area contributed by atoms with E-state index in [0.717, 1.165) is 35.7 Å². The average Bonchev–Trinajstić information content (AvgIpc) is 2.97. The molecular weight excluding hydrogens is 296 g/mol. The SMILES string of the molecule is COCc1cc(CC2(NCc3ccccc3OC)COC2)no1. The molecule has 1 aliphatic rings. The van der Waals surface area contributed by atoms with Crippen molar-refractivity contribution in [2.24, 2.45) is 0 Å². The summed E-state index contributed by atoms with van der Waals surface area (Å²) in [6, 6.07) is 9.95. The van der Waals surface area contributed by atoms with E-state index < -0.39 is 0 Å². The third-order valence-electron chi connectivity index (χ3n) is 4.02. The van der Waals surface area contributed by atoms with E-state index in [1.54, 1.807) is 14.2 Å². The molecule has 0 atom stereocenters. The summed E-state index contributed by atoms with van der Waals surface area (Å²) in [6.07, 6.45) is 0.759. The number of methoxy groups -OCH3 is 2. The third kappa shape index (κ3) is 3.72. The summed E-state index contributed by atoms with van der Waals surface area (Å²) in [7, 11) is 3.33. The highest BCUT2D eigenvalue weighted by Gasteiger charge is 2.39. The van der Waals surface area contributed by atoms with Gasteiger partial charge in [0.05, 0.1) is 31.6 Å².